The Morgan fingerprint density at radius 3 is 2.42 bits per heavy atom. The first-order chi connectivity index (χ1) is 11.3. The van der Waals surface area contributed by atoms with Crippen LogP contribution in [0.3, 0.4) is 0 Å². The van der Waals surface area contributed by atoms with Crippen LogP contribution < -0.4 is 0 Å². The van der Waals surface area contributed by atoms with E-state index in [1.807, 2.05) is 0 Å². The molecule has 0 saturated heterocycles. The van der Waals surface area contributed by atoms with Crippen molar-refractivity contribution in [1.82, 2.24) is 0 Å². The number of halogens is 2. The van der Waals surface area contributed by atoms with E-state index < -0.39 is 33.0 Å². The van der Waals surface area contributed by atoms with E-state index in [0.717, 1.165) is 6.42 Å². The molecule has 2 unspecified atom stereocenters. The Balaban J connectivity index is 2.42. The van der Waals surface area contributed by atoms with Gasteiger partial charge in [-0.2, -0.15) is 0 Å². The fraction of sp³-hybridized carbons (Fsp3) is 0.450. The van der Waals surface area contributed by atoms with Gasteiger partial charge in [-0.25, -0.2) is 0 Å². The van der Waals surface area contributed by atoms with E-state index in [-0.39, 0.29) is 8.59 Å². The average Bonchev–Trinajstić information content (AvgIpc) is 3.01. The molecule has 3 rings (SSSR count). The molecule has 4 heteroatoms. The molecule has 0 aromatic rings. The molecular formula is C20H25Cl2GeHf. The zero-order chi connectivity index (χ0) is 17.7. The molecule has 2 atom stereocenters. The number of allylic oxidation sites excluding steroid dienone is 10. The maximum absolute atomic E-state index is 7.02. The van der Waals surface area contributed by atoms with E-state index >= 15 is 0 Å². The molecule has 0 amide bonds. The third-order valence-corrected chi connectivity index (χ3v) is 20.8. The molecule has 3 aliphatic rings. The van der Waals surface area contributed by atoms with Crippen molar-refractivity contribution in [2.24, 2.45) is 11.3 Å². The summed E-state index contributed by atoms with van der Waals surface area (Å²) in [6.45, 7) is 7.19. The summed E-state index contributed by atoms with van der Waals surface area (Å²) in [4.78, 5) is 0. The normalized spacial score (nSPS) is 30.5. The fourth-order valence-corrected chi connectivity index (χ4v) is 23.6. The molecule has 0 nitrogen and oxygen atoms in total. The van der Waals surface area contributed by atoms with Crippen molar-refractivity contribution in [2.75, 3.05) is 0 Å². The predicted molar refractivity (Wildman–Crippen MR) is 107 cm³/mol. The Labute approximate surface area is 165 Å². The number of hydrogen-bond acceptors (Lipinski definition) is 0. The Morgan fingerprint density at radius 1 is 1.17 bits per heavy atom. The topological polar surface area (TPSA) is 0 Å². The maximum atomic E-state index is 7.02. The molecule has 0 heterocycles. The van der Waals surface area contributed by atoms with Gasteiger partial charge in [0.1, 0.15) is 0 Å². The van der Waals surface area contributed by atoms with Gasteiger partial charge in [0.15, 0.2) is 0 Å². The second-order valence-electron chi connectivity index (χ2n) is 7.69. The van der Waals surface area contributed by atoms with E-state index in [4.69, 9.17) is 17.2 Å². The second-order valence-corrected chi connectivity index (χ2v) is 25.3. The summed E-state index contributed by atoms with van der Waals surface area (Å²) in [7, 11) is 14.0. The van der Waals surface area contributed by atoms with Crippen molar-refractivity contribution in [3.05, 3.63) is 59.3 Å². The van der Waals surface area contributed by atoms with Crippen molar-refractivity contribution in [3.8, 4) is 0 Å². The third kappa shape index (κ3) is 2.60. The van der Waals surface area contributed by atoms with Gasteiger partial charge in [-0.05, 0) is 0 Å². The molecule has 24 heavy (non-hydrogen) atoms. The van der Waals surface area contributed by atoms with E-state index in [1.165, 1.54) is 11.1 Å². The first-order valence-corrected chi connectivity index (χ1v) is 24.5. The summed E-state index contributed by atoms with van der Waals surface area (Å²) in [5.41, 5.74) is 4.53. The van der Waals surface area contributed by atoms with Gasteiger partial charge in [-0.1, -0.05) is 0 Å². The molecule has 0 saturated carbocycles. The predicted octanol–water partition coefficient (Wildman–Crippen LogP) is 6.56. The molecule has 0 N–H and O–H groups in total. The van der Waals surface area contributed by atoms with Crippen LogP contribution in [0.5, 0.6) is 0 Å². The SMILES string of the molecule is CC1C=CC=CC2=C1[C](=[Ge]([CH3])[CH3])C(C)(C)[C]2(C1=CC=CC1)[Hf]([Cl])[Cl]. The molecule has 0 spiro atoms. The third-order valence-electron chi connectivity index (χ3n) is 5.79. The van der Waals surface area contributed by atoms with E-state index in [2.05, 4.69) is 74.8 Å². The quantitative estimate of drug-likeness (QED) is 0.321. The van der Waals surface area contributed by atoms with Gasteiger partial charge in [0.05, 0.1) is 0 Å². The van der Waals surface area contributed by atoms with Gasteiger partial charge in [0.25, 0.3) is 0 Å². The van der Waals surface area contributed by atoms with Crippen molar-refractivity contribution in [2.45, 2.75) is 41.9 Å². The van der Waals surface area contributed by atoms with Crippen LogP contribution in [0.1, 0.15) is 27.2 Å². The molecule has 0 fully saturated rings. The number of rotatable bonds is 2. The molecular weight excluding hydrogens is 562 g/mol. The molecule has 127 valence electrons. The fourth-order valence-electron chi connectivity index (χ4n) is 5.02. The van der Waals surface area contributed by atoms with Crippen LogP contribution in [0, 0.1) is 11.3 Å². The number of hydrogen-bond donors (Lipinski definition) is 0. The molecule has 0 aliphatic heterocycles. The van der Waals surface area contributed by atoms with Crippen molar-refractivity contribution >= 4 is 35.4 Å². The first kappa shape index (κ1) is 19.3. The first-order valence-electron chi connectivity index (χ1n) is 8.58. The molecule has 3 aliphatic carbocycles. The minimum absolute atomic E-state index is 0.0453. The minimum atomic E-state index is -2.90. The second kappa shape index (κ2) is 6.94. The summed E-state index contributed by atoms with van der Waals surface area (Å²) in [6, 6.07) is 0. The van der Waals surface area contributed by atoms with E-state index in [9.17, 15) is 0 Å². The van der Waals surface area contributed by atoms with Crippen LogP contribution in [-0.4, -0.2) is 18.3 Å². The Morgan fingerprint density at radius 2 is 1.88 bits per heavy atom. The van der Waals surface area contributed by atoms with Crippen molar-refractivity contribution in [1.29, 1.82) is 0 Å². The van der Waals surface area contributed by atoms with Gasteiger partial charge in [-0.15, -0.1) is 0 Å². The Bertz CT molecular complexity index is 746. The molecule has 0 aromatic heterocycles. The zero-order valence-electron chi connectivity index (χ0n) is 15.1. The van der Waals surface area contributed by atoms with Crippen LogP contribution >= 0.6 is 17.2 Å². The van der Waals surface area contributed by atoms with Crippen LogP contribution in [0.4, 0.5) is 0 Å². The van der Waals surface area contributed by atoms with Gasteiger partial charge in [0.2, 0.25) is 0 Å². The summed E-state index contributed by atoms with van der Waals surface area (Å²) < 4.78 is 1.61. The van der Waals surface area contributed by atoms with E-state index in [0.29, 0.717) is 5.92 Å². The standard InChI is InChI=1S/C20H25Ge.2ClH.Hf/c1-14-10-6-9-13-16-17(14)19(21(4)5)20(2,3)18(16)15-11-7-8-12-15;;;/h6-11,13-14H,12H2,1-5H3;2*1H;/q;;;+2/p-2. The molecule has 0 aromatic carbocycles. The van der Waals surface area contributed by atoms with Crippen molar-refractivity contribution in [3.63, 3.8) is 0 Å². The Kier molecular flexibility index (Phi) is 5.59. The summed E-state index contributed by atoms with van der Waals surface area (Å²) >= 11 is -4.21. The van der Waals surface area contributed by atoms with Gasteiger partial charge in [-0.3, -0.25) is 0 Å². The summed E-state index contributed by atoms with van der Waals surface area (Å²) in [5.74, 6) is 5.41. The van der Waals surface area contributed by atoms with Gasteiger partial charge in [0, 0.05) is 0 Å². The Hall–Kier alpha value is 0.563. The van der Waals surface area contributed by atoms with Crippen LogP contribution in [0.2, 0.25) is 14.7 Å². The molecule has 0 bridgehead atoms. The average molecular weight is 587 g/mol. The zero-order valence-corrected chi connectivity index (χ0v) is 22.3. The van der Waals surface area contributed by atoms with Crippen LogP contribution in [-0.2, 0) is 19.1 Å². The summed E-state index contributed by atoms with van der Waals surface area (Å²) in [6.07, 6.45) is 16.8. The summed E-state index contributed by atoms with van der Waals surface area (Å²) in [5, 5.41) is 0. The van der Waals surface area contributed by atoms with E-state index in [1.54, 1.807) is 9.92 Å². The van der Waals surface area contributed by atoms with Crippen LogP contribution in [0.15, 0.2) is 59.3 Å². The molecule has 0 radical (unpaired) electrons. The van der Waals surface area contributed by atoms with Crippen molar-refractivity contribution < 1.29 is 19.1 Å². The van der Waals surface area contributed by atoms with Gasteiger partial charge >= 0.3 is 167 Å². The van der Waals surface area contributed by atoms with Crippen LogP contribution in [0.25, 0.3) is 0 Å². The monoisotopic (exact) mass is 589 g/mol. The van der Waals surface area contributed by atoms with Gasteiger partial charge < -0.3 is 0 Å².